The predicted molar refractivity (Wildman–Crippen MR) is 83.1 cm³/mol. The molecule has 0 bridgehead atoms. The molecule has 0 saturated heterocycles. The van der Waals surface area contributed by atoms with Gasteiger partial charge in [0.15, 0.2) is 0 Å². The molecule has 0 saturated carbocycles. The Morgan fingerprint density at radius 2 is 2.18 bits per heavy atom. The molecule has 1 aromatic carbocycles. The molecule has 2 rings (SSSR count). The third-order valence-corrected chi connectivity index (χ3v) is 3.64. The van der Waals surface area contributed by atoms with Crippen molar-refractivity contribution in [3.63, 3.8) is 0 Å². The molecule has 0 aliphatic carbocycles. The van der Waals surface area contributed by atoms with Crippen molar-refractivity contribution in [2.45, 2.75) is 26.8 Å². The minimum atomic E-state index is -0.492. The Labute approximate surface area is 132 Å². The zero-order chi connectivity index (χ0) is 16.3. The summed E-state index contributed by atoms with van der Waals surface area (Å²) in [5.74, 6) is -0.207. The fourth-order valence-electron chi connectivity index (χ4n) is 1.97. The molecule has 1 heterocycles. The number of nitrogens with zero attached hydrogens (tertiary/aromatic N) is 3. The normalized spacial score (nSPS) is 10.5. The van der Waals surface area contributed by atoms with Gasteiger partial charge >= 0.3 is 5.69 Å². The first-order valence-corrected chi connectivity index (χ1v) is 6.99. The van der Waals surface area contributed by atoms with Crippen LogP contribution in [0.25, 0.3) is 0 Å². The number of halogens is 1. The van der Waals surface area contributed by atoms with E-state index in [9.17, 15) is 14.9 Å². The summed E-state index contributed by atoms with van der Waals surface area (Å²) in [6, 6.07) is 5.27. The van der Waals surface area contributed by atoms with Gasteiger partial charge in [-0.25, -0.2) is 0 Å². The van der Waals surface area contributed by atoms with Crippen LogP contribution in [0.4, 0.5) is 11.4 Å². The van der Waals surface area contributed by atoms with Crippen LogP contribution in [0.2, 0.25) is 5.02 Å². The van der Waals surface area contributed by atoms with E-state index in [2.05, 4.69) is 10.4 Å². The molecular weight excluding hydrogens is 308 g/mol. The molecule has 0 aliphatic heterocycles. The van der Waals surface area contributed by atoms with E-state index in [1.807, 2.05) is 6.92 Å². The lowest BCUT2D eigenvalue weighted by molar-refractivity contribution is -0.385. The average molecular weight is 323 g/mol. The number of anilines is 1. The molecule has 0 unspecified atom stereocenters. The van der Waals surface area contributed by atoms with E-state index in [1.54, 1.807) is 25.1 Å². The Morgan fingerprint density at radius 3 is 2.82 bits per heavy atom. The largest absolute Gasteiger partial charge is 0.326 e. The smallest absolute Gasteiger partial charge is 0.309 e. The predicted octanol–water partition coefficient (Wildman–Crippen LogP) is 3.09. The van der Waals surface area contributed by atoms with E-state index in [1.165, 1.54) is 10.9 Å². The van der Waals surface area contributed by atoms with Gasteiger partial charge in [-0.2, -0.15) is 5.10 Å². The van der Waals surface area contributed by atoms with Gasteiger partial charge in [0.2, 0.25) is 5.91 Å². The maximum Gasteiger partial charge on any atom is 0.309 e. The Morgan fingerprint density at radius 1 is 1.45 bits per heavy atom. The molecule has 22 heavy (non-hydrogen) atoms. The van der Waals surface area contributed by atoms with E-state index in [0.717, 1.165) is 5.56 Å². The number of aryl methyl sites for hydroxylation is 2. The molecule has 116 valence electrons. The molecule has 7 nitrogen and oxygen atoms in total. The van der Waals surface area contributed by atoms with Crippen LogP contribution in [-0.2, 0) is 11.3 Å². The highest BCUT2D eigenvalue weighted by Crippen LogP contribution is 2.23. The number of hydrogen-bond donors (Lipinski definition) is 1. The number of aromatic nitrogens is 2. The first kappa shape index (κ1) is 16.0. The second-order valence-corrected chi connectivity index (χ2v) is 5.24. The molecule has 1 amide bonds. The van der Waals surface area contributed by atoms with Crippen LogP contribution >= 0.6 is 11.6 Å². The zero-order valence-electron chi connectivity index (χ0n) is 12.2. The van der Waals surface area contributed by atoms with E-state index in [4.69, 9.17) is 11.6 Å². The van der Waals surface area contributed by atoms with Crippen molar-refractivity contribution in [1.29, 1.82) is 0 Å². The maximum absolute atomic E-state index is 11.9. The van der Waals surface area contributed by atoms with E-state index < -0.39 is 4.92 Å². The van der Waals surface area contributed by atoms with Crippen LogP contribution in [0.5, 0.6) is 0 Å². The van der Waals surface area contributed by atoms with Crippen LogP contribution in [0.15, 0.2) is 24.4 Å². The Balaban J connectivity index is 1.97. The van der Waals surface area contributed by atoms with Crippen molar-refractivity contribution in [2.75, 3.05) is 5.32 Å². The number of amides is 1. The average Bonchev–Trinajstić information content (AvgIpc) is 2.83. The molecule has 8 heteroatoms. The second-order valence-electron chi connectivity index (χ2n) is 4.83. The number of carbonyl (C=O) groups excluding carboxylic acids is 1. The number of nitro groups is 1. The first-order chi connectivity index (χ1) is 10.4. The highest BCUT2D eigenvalue weighted by Gasteiger charge is 2.15. The molecule has 0 atom stereocenters. The fraction of sp³-hybridized carbons (Fsp3) is 0.286. The molecule has 0 spiro atoms. The number of hydrogen-bond acceptors (Lipinski definition) is 4. The zero-order valence-corrected chi connectivity index (χ0v) is 12.9. The SMILES string of the molecule is Cc1nn(CCC(=O)Nc2cccc(Cl)c2C)cc1[N+](=O)[O-]. The Bertz CT molecular complexity index is 727. The van der Waals surface area contributed by atoms with Crippen molar-refractivity contribution < 1.29 is 9.72 Å². The quantitative estimate of drug-likeness (QED) is 0.676. The minimum absolute atomic E-state index is 0.0499. The third-order valence-electron chi connectivity index (χ3n) is 3.23. The maximum atomic E-state index is 11.9. The van der Waals surface area contributed by atoms with Gasteiger partial charge in [-0.3, -0.25) is 19.6 Å². The van der Waals surface area contributed by atoms with Crippen molar-refractivity contribution in [1.82, 2.24) is 9.78 Å². The van der Waals surface area contributed by atoms with Gasteiger partial charge in [0.05, 0.1) is 4.92 Å². The lowest BCUT2D eigenvalue weighted by Crippen LogP contribution is -2.15. The van der Waals surface area contributed by atoms with Crippen LogP contribution in [0, 0.1) is 24.0 Å². The molecule has 1 aromatic heterocycles. The Kier molecular flexibility index (Phi) is 4.77. The van der Waals surface area contributed by atoms with Crippen LogP contribution in [0.3, 0.4) is 0 Å². The van der Waals surface area contributed by atoms with Gasteiger partial charge in [0, 0.05) is 23.7 Å². The van der Waals surface area contributed by atoms with Crippen molar-refractivity contribution in [3.8, 4) is 0 Å². The number of carbonyl (C=O) groups is 1. The van der Waals surface area contributed by atoms with Crippen LogP contribution in [-0.4, -0.2) is 20.6 Å². The summed E-state index contributed by atoms with van der Waals surface area (Å²) < 4.78 is 1.40. The number of nitrogens with one attached hydrogen (secondary N) is 1. The van der Waals surface area contributed by atoms with Crippen molar-refractivity contribution in [2.24, 2.45) is 0 Å². The van der Waals surface area contributed by atoms with Gasteiger partial charge < -0.3 is 5.32 Å². The lowest BCUT2D eigenvalue weighted by atomic mass is 10.2. The number of rotatable bonds is 5. The summed E-state index contributed by atoms with van der Waals surface area (Å²) in [7, 11) is 0. The van der Waals surface area contributed by atoms with Gasteiger partial charge in [0.1, 0.15) is 11.9 Å². The van der Waals surface area contributed by atoms with E-state index >= 15 is 0 Å². The Hall–Kier alpha value is -2.41. The molecular formula is C14H15ClN4O3. The molecule has 0 fully saturated rings. The van der Waals surface area contributed by atoms with Gasteiger partial charge in [0.25, 0.3) is 0 Å². The molecule has 2 aromatic rings. The fourth-order valence-corrected chi connectivity index (χ4v) is 2.15. The molecule has 1 N–H and O–H groups in total. The summed E-state index contributed by atoms with van der Waals surface area (Å²) in [5, 5.41) is 18.1. The van der Waals surface area contributed by atoms with Crippen LogP contribution in [0.1, 0.15) is 17.7 Å². The summed E-state index contributed by atoms with van der Waals surface area (Å²) >= 11 is 5.99. The highest BCUT2D eigenvalue weighted by atomic mass is 35.5. The topological polar surface area (TPSA) is 90.1 Å². The summed E-state index contributed by atoms with van der Waals surface area (Å²) in [5.41, 5.74) is 1.73. The summed E-state index contributed by atoms with van der Waals surface area (Å²) in [6.45, 7) is 3.64. The summed E-state index contributed by atoms with van der Waals surface area (Å²) in [4.78, 5) is 22.2. The third kappa shape index (κ3) is 3.62. The van der Waals surface area contributed by atoms with Gasteiger partial charge in [-0.15, -0.1) is 0 Å². The lowest BCUT2D eigenvalue weighted by Gasteiger charge is -2.09. The summed E-state index contributed by atoms with van der Waals surface area (Å²) in [6.07, 6.45) is 1.48. The second kappa shape index (κ2) is 6.57. The standard InChI is InChI=1S/C14H15ClN4O3/c1-9-11(15)4-3-5-12(9)16-14(20)6-7-18-8-13(19(21)22)10(2)17-18/h3-5,8H,6-7H2,1-2H3,(H,16,20). The monoisotopic (exact) mass is 322 g/mol. The van der Waals surface area contributed by atoms with Crippen molar-refractivity contribution in [3.05, 3.63) is 50.8 Å². The van der Waals surface area contributed by atoms with E-state index in [0.29, 0.717) is 16.4 Å². The molecule has 0 aliphatic rings. The van der Waals surface area contributed by atoms with E-state index in [-0.39, 0.29) is 24.6 Å². The minimum Gasteiger partial charge on any atom is -0.326 e. The first-order valence-electron chi connectivity index (χ1n) is 6.62. The van der Waals surface area contributed by atoms with Gasteiger partial charge in [-0.1, -0.05) is 17.7 Å². The molecule has 0 radical (unpaired) electrons. The van der Waals surface area contributed by atoms with Crippen molar-refractivity contribution >= 4 is 28.9 Å². The van der Waals surface area contributed by atoms with Gasteiger partial charge in [-0.05, 0) is 31.5 Å². The highest BCUT2D eigenvalue weighted by molar-refractivity contribution is 6.31. The number of benzene rings is 1. The van der Waals surface area contributed by atoms with Crippen LogP contribution < -0.4 is 5.32 Å².